The van der Waals surface area contributed by atoms with Crippen molar-refractivity contribution in [3.05, 3.63) is 34.6 Å². The van der Waals surface area contributed by atoms with Crippen molar-refractivity contribution in [2.24, 2.45) is 11.7 Å². The molecule has 7 nitrogen and oxygen atoms in total. The van der Waals surface area contributed by atoms with E-state index in [0.29, 0.717) is 45.5 Å². The van der Waals surface area contributed by atoms with Gasteiger partial charge in [0.05, 0.1) is 16.7 Å². The second-order valence-corrected chi connectivity index (χ2v) is 9.98. The van der Waals surface area contributed by atoms with Crippen LogP contribution in [0.1, 0.15) is 56.9 Å². The van der Waals surface area contributed by atoms with E-state index in [0.717, 1.165) is 38.7 Å². The minimum absolute atomic E-state index is 0.0153. The first-order valence-electron chi connectivity index (χ1n) is 12.4. The fourth-order valence-electron chi connectivity index (χ4n) is 5.17. The number of amides is 2. The number of unbranched alkanes of at least 4 members (excludes halogenated alkanes) is 1. The molecule has 2 amide bonds. The average Bonchev–Trinajstić information content (AvgIpc) is 3.35. The minimum Gasteiger partial charge on any atom is -0.385 e. The second kappa shape index (κ2) is 13.0. The Morgan fingerprint density at radius 2 is 2.24 bits per heavy atom. The zero-order valence-corrected chi connectivity index (χ0v) is 20.9. The lowest BCUT2D eigenvalue weighted by atomic mass is 9.74. The van der Waals surface area contributed by atoms with Crippen molar-refractivity contribution >= 4 is 17.6 Å². The Kier molecular flexibility index (Phi) is 10.4. The lowest BCUT2D eigenvalue weighted by Gasteiger charge is -2.43. The molecular formula is C25H39ClFN3O4. The number of nitrogens with two attached hydrogens (primary N) is 1. The number of carbonyl (C=O) groups is 1. The number of likely N-dealkylation sites (tertiary alicyclic amines) is 1. The first-order chi connectivity index (χ1) is 16.3. The largest absolute Gasteiger partial charge is 0.385 e. The Morgan fingerprint density at radius 3 is 2.97 bits per heavy atom. The van der Waals surface area contributed by atoms with Crippen molar-refractivity contribution in [3.63, 3.8) is 0 Å². The van der Waals surface area contributed by atoms with Crippen LogP contribution in [0.25, 0.3) is 0 Å². The number of nitrogens with one attached hydrogen (secondary N) is 1. The Bertz CT molecular complexity index is 795. The summed E-state index contributed by atoms with van der Waals surface area (Å²) < 4.78 is 25.8. The van der Waals surface area contributed by atoms with E-state index in [-0.39, 0.29) is 34.7 Å². The van der Waals surface area contributed by atoms with Crippen LogP contribution in [-0.2, 0) is 15.1 Å². The zero-order chi connectivity index (χ0) is 24.6. The Labute approximate surface area is 207 Å². The maximum atomic E-state index is 15.0. The molecule has 0 radical (unpaired) electrons. The highest BCUT2D eigenvalue weighted by molar-refractivity contribution is 6.30. The summed E-state index contributed by atoms with van der Waals surface area (Å²) in [6.07, 6.45) is 6.15. The molecular weight excluding hydrogens is 461 g/mol. The molecule has 9 heteroatoms. The predicted octanol–water partition coefficient (Wildman–Crippen LogP) is 3.80. The van der Waals surface area contributed by atoms with Gasteiger partial charge >= 0.3 is 6.03 Å². The van der Waals surface area contributed by atoms with Crippen molar-refractivity contribution in [1.29, 1.82) is 0 Å². The molecule has 2 aliphatic rings. The van der Waals surface area contributed by atoms with Crippen molar-refractivity contribution in [2.75, 3.05) is 40.0 Å². The van der Waals surface area contributed by atoms with E-state index in [1.165, 1.54) is 6.07 Å². The molecule has 2 aliphatic heterocycles. The van der Waals surface area contributed by atoms with Gasteiger partial charge in [0.15, 0.2) is 0 Å². The van der Waals surface area contributed by atoms with Gasteiger partial charge in [-0.3, -0.25) is 0 Å². The molecule has 0 bridgehead atoms. The molecule has 2 heterocycles. The van der Waals surface area contributed by atoms with Crippen LogP contribution in [0.5, 0.6) is 0 Å². The number of hydrogen-bond acceptors (Lipinski definition) is 5. The van der Waals surface area contributed by atoms with Gasteiger partial charge in [-0.05, 0) is 57.4 Å². The van der Waals surface area contributed by atoms with Gasteiger partial charge in [-0.2, -0.15) is 0 Å². The van der Waals surface area contributed by atoms with Gasteiger partial charge in [0.25, 0.3) is 0 Å². The van der Waals surface area contributed by atoms with Crippen LogP contribution in [-0.4, -0.2) is 68.1 Å². The molecule has 0 spiro atoms. The quantitative estimate of drug-likeness (QED) is 0.402. The molecule has 0 saturated carbocycles. The van der Waals surface area contributed by atoms with Gasteiger partial charge in [0.1, 0.15) is 5.82 Å². The number of carbonyl (C=O) groups excluding carboxylic acids is 1. The van der Waals surface area contributed by atoms with Gasteiger partial charge in [-0.1, -0.05) is 23.7 Å². The third-order valence-corrected chi connectivity index (χ3v) is 7.36. The Morgan fingerprint density at radius 1 is 1.41 bits per heavy atom. The summed E-state index contributed by atoms with van der Waals surface area (Å²) in [5.41, 5.74) is 4.96. The number of halogens is 2. The third kappa shape index (κ3) is 7.04. The minimum atomic E-state index is -1.43. The van der Waals surface area contributed by atoms with E-state index in [9.17, 15) is 9.90 Å². The number of hydrogen-bond donors (Lipinski definition) is 3. The highest BCUT2D eigenvalue weighted by Crippen LogP contribution is 2.42. The van der Waals surface area contributed by atoms with Crippen LogP contribution in [0, 0.1) is 11.7 Å². The summed E-state index contributed by atoms with van der Waals surface area (Å²) in [5.74, 6) is -0.914. The molecule has 1 aromatic rings. The predicted molar refractivity (Wildman–Crippen MR) is 130 cm³/mol. The molecule has 0 aliphatic carbocycles. The molecule has 1 aromatic carbocycles. The number of rotatable bonds is 11. The zero-order valence-electron chi connectivity index (χ0n) is 20.1. The fourth-order valence-corrected chi connectivity index (χ4v) is 5.35. The summed E-state index contributed by atoms with van der Waals surface area (Å²) in [5, 5.41) is 14.8. The monoisotopic (exact) mass is 499 g/mol. The summed E-state index contributed by atoms with van der Waals surface area (Å²) in [7, 11) is 1.63. The van der Waals surface area contributed by atoms with Gasteiger partial charge in [0.2, 0.25) is 0 Å². The molecule has 0 aromatic heterocycles. The van der Waals surface area contributed by atoms with Crippen molar-refractivity contribution in [3.8, 4) is 0 Å². The van der Waals surface area contributed by atoms with Crippen LogP contribution in [0.2, 0.25) is 5.02 Å². The van der Waals surface area contributed by atoms with Crippen molar-refractivity contribution < 1.29 is 23.8 Å². The van der Waals surface area contributed by atoms with E-state index < -0.39 is 11.4 Å². The maximum absolute atomic E-state index is 15.0. The SMILES string of the molecule is COCCCCC(O)(c1cccc(Cl)c1F)C1CCCN(C(=O)NCC(N)CC2CCCO2)C1. The second-order valence-electron chi connectivity index (χ2n) is 9.58. The maximum Gasteiger partial charge on any atom is 0.317 e. The van der Waals surface area contributed by atoms with Gasteiger partial charge in [-0.25, -0.2) is 9.18 Å². The fraction of sp³-hybridized carbons (Fsp3) is 0.720. The van der Waals surface area contributed by atoms with Gasteiger partial charge < -0.3 is 30.5 Å². The van der Waals surface area contributed by atoms with Gasteiger partial charge in [-0.15, -0.1) is 0 Å². The molecule has 4 unspecified atom stereocenters. The molecule has 2 fully saturated rings. The molecule has 192 valence electrons. The van der Waals surface area contributed by atoms with Crippen LogP contribution >= 0.6 is 11.6 Å². The van der Waals surface area contributed by atoms with E-state index in [4.69, 9.17) is 26.8 Å². The molecule has 4 N–H and O–H groups in total. The Balaban J connectivity index is 1.65. The highest BCUT2D eigenvalue weighted by atomic mass is 35.5. The summed E-state index contributed by atoms with van der Waals surface area (Å²) in [6.45, 7) is 2.63. The first kappa shape index (κ1) is 27.1. The normalized spacial score (nSPS) is 23.5. The first-order valence-corrected chi connectivity index (χ1v) is 12.8. The number of nitrogens with zero attached hydrogens (tertiary/aromatic N) is 1. The number of benzene rings is 1. The van der Waals surface area contributed by atoms with E-state index in [1.54, 1.807) is 24.1 Å². The average molecular weight is 500 g/mol. The molecule has 34 heavy (non-hydrogen) atoms. The lowest BCUT2D eigenvalue weighted by molar-refractivity contribution is -0.0586. The van der Waals surface area contributed by atoms with Crippen LogP contribution in [0.15, 0.2) is 18.2 Å². The molecule has 4 atom stereocenters. The van der Waals surface area contributed by atoms with Crippen LogP contribution in [0.4, 0.5) is 9.18 Å². The number of ether oxygens (including phenoxy) is 2. The topological polar surface area (TPSA) is 97.1 Å². The number of urea groups is 1. The highest BCUT2D eigenvalue weighted by Gasteiger charge is 2.43. The standard InChI is InChI=1S/C25H39ClFN3O4/c1-33-13-3-2-11-25(32,21-9-4-10-22(26)23(21)27)18-7-5-12-30(17-18)24(31)29-16-19(28)15-20-8-6-14-34-20/h4,9-10,18-20,32H,2-3,5-8,11-17,28H2,1H3,(H,29,31). The van der Waals surface area contributed by atoms with Crippen molar-refractivity contribution in [2.45, 2.75) is 69.1 Å². The van der Waals surface area contributed by atoms with E-state index in [2.05, 4.69) is 5.32 Å². The molecule has 3 rings (SSSR count). The van der Waals surface area contributed by atoms with E-state index in [1.807, 2.05) is 0 Å². The number of piperidine rings is 1. The van der Waals surface area contributed by atoms with Crippen molar-refractivity contribution in [1.82, 2.24) is 10.2 Å². The number of methoxy groups -OCH3 is 1. The van der Waals surface area contributed by atoms with Gasteiger partial charge in [0, 0.05) is 57.5 Å². The smallest absolute Gasteiger partial charge is 0.317 e. The third-order valence-electron chi connectivity index (χ3n) is 7.06. The van der Waals surface area contributed by atoms with Crippen LogP contribution < -0.4 is 11.1 Å². The summed E-state index contributed by atoms with van der Waals surface area (Å²) in [4.78, 5) is 14.6. The van der Waals surface area contributed by atoms with Crippen LogP contribution in [0.3, 0.4) is 0 Å². The number of aliphatic hydroxyl groups is 1. The summed E-state index contributed by atoms with van der Waals surface area (Å²) >= 11 is 6.05. The lowest BCUT2D eigenvalue weighted by Crippen LogP contribution is -2.52. The Hall–Kier alpha value is -1.45. The van der Waals surface area contributed by atoms with E-state index >= 15 is 4.39 Å². The summed E-state index contributed by atoms with van der Waals surface area (Å²) in [6, 6.07) is 4.35. The molecule has 2 saturated heterocycles.